The van der Waals surface area contributed by atoms with Crippen molar-refractivity contribution < 1.29 is 21.9 Å². The molecule has 8 heteroatoms. The molecule has 3 aromatic rings. The van der Waals surface area contributed by atoms with Crippen molar-refractivity contribution in [3.8, 4) is 0 Å². The number of rotatable bonds is 9. The Labute approximate surface area is 222 Å². The van der Waals surface area contributed by atoms with E-state index in [0.717, 1.165) is 24.1 Å². The van der Waals surface area contributed by atoms with E-state index in [0.29, 0.717) is 13.1 Å². The van der Waals surface area contributed by atoms with Crippen LogP contribution in [0.4, 0.5) is 9.59 Å². The second kappa shape index (κ2) is 19.9. The monoisotopic (exact) mass is 517 g/mol. The van der Waals surface area contributed by atoms with Crippen molar-refractivity contribution in [2.75, 3.05) is 13.1 Å². The van der Waals surface area contributed by atoms with Gasteiger partial charge in [-0.05, 0) is 40.0 Å². The van der Waals surface area contributed by atoms with Gasteiger partial charge in [0.05, 0.1) is 10.4 Å². The molecule has 0 radical (unpaired) electrons. The number of carbonyl (C=O) groups excluding carboxylic acids is 2. The molecule has 2 N–H and O–H groups in total. The molecular weight excluding hydrogens is 474 g/mol. The zero-order valence-corrected chi connectivity index (χ0v) is 22.6. The van der Waals surface area contributed by atoms with E-state index in [1.54, 1.807) is 11.7 Å². The quantitative estimate of drug-likeness (QED) is 0.294. The summed E-state index contributed by atoms with van der Waals surface area (Å²) in [6.07, 6.45) is 3.05. The van der Waals surface area contributed by atoms with Gasteiger partial charge in [0.25, 0.3) is 0 Å². The van der Waals surface area contributed by atoms with Gasteiger partial charge in [0.1, 0.15) is 12.7 Å². The molecule has 1 heterocycles. The lowest BCUT2D eigenvalue weighted by Crippen LogP contribution is -2.29. The van der Waals surface area contributed by atoms with Crippen LogP contribution in [-0.2, 0) is 16.1 Å². The molecule has 0 aliphatic carbocycles. The first-order valence-electron chi connectivity index (χ1n) is 12.2. The van der Waals surface area contributed by atoms with Gasteiger partial charge in [-0.25, -0.2) is 9.59 Å². The van der Waals surface area contributed by atoms with E-state index in [9.17, 15) is 9.59 Å². The normalized spacial score (nSPS) is 10.4. The van der Waals surface area contributed by atoms with E-state index < -0.39 is 12.2 Å². The number of amides is 2. The first-order valence-corrected chi connectivity index (χ1v) is 13.0. The zero-order valence-electron chi connectivity index (χ0n) is 21.7. The van der Waals surface area contributed by atoms with E-state index in [-0.39, 0.29) is 15.6 Å². The van der Waals surface area contributed by atoms with E-state index in [1.807, 2.05) is 50.2 Å². The highest BCUT2D eigenvalue weighted by molar-refractivity contribution is 7.09. The molecule has 2 amide bonds. The molecule has 0 fully saturated rings. The summed E-state index contributed by atoms with van der Waals surface area (Å²) in [5.74, 6) is 0. The third-order valence-electron chi connectivity index (χ3n) is 4.74. The fraction of sp³-hybridized carbons (Fsp3) is 0.393. The van der Waals surface area contributed by atoms with Crippen molar-refractivity contribution in [1.82, 2.24) is 15.6 Å². The topological polar surface area (TPSA) is 89.6 Å². The Balaban J connectivity index is 0. The van der Waals surface area contributed by atoms with Gasteiger partial charge < -0.3 is 20.1 Å². The zero-order chi connectivity index (χ0) is 26.4. The summed E-state index contributed by atoms with van der Waals surface area (Å²) in [5.41, 5.74) is 4.33. The van der Waals surface area contributed by atoms with Crippen molar-refractivity contribution in [1.29, 1.82) is 0 Å². The second-order valence-electron chi connectivity index (χ2n) is 8.04. The molecule has 36 heavy (non-hydrogen) atoms. The number of hydrogen-bond donors (Lipinski definition) is 2. The number of aryl methyl sites for hydroxylation is 2. The van der Waals surface area contributed by atoms with E-state index in [4.69, 9.17) is 9.47 Å². The molecule has 0 saturated carbocycles. The Morgan fingerprint density at radius 3 is 1.86 bits per heavy atom. The molecule has 0 bridgehead atoms. The van der Waals surface area contributed by atoms with Crippen LogP contribution in [0.15, 0.2) is 72.4 Å². The third kappa shape index (κ3) is 17.1. The summed E-state index contributed by atoms with van der Waals surface area (Å²) in [6, 6.07) is 20.5. The lowest BCUT2D eigenvalue weighted by molar-refractivity contribution is 0.105. The van der Waals surface area contributed by atoms with Crippen LogP contribution in [0.5, 0.6) is 0 Å². The highest BCUT2D eigenvalue weighted by atomic mass is 32.1. The van der Waals surface area contributed by atoms with Crippen LogP contribution in [0, 0.1) is 13.8 Å². The number of nitrogens with zero attached hydrogens (tertiary/aromatic N) is 1. The number of nitrogens with one attached hydrogen (secondary N) is 2. The molecule has 3 rings (SSSR count). The fourth-order valence-electron chi connectivity index (χ4n) is 2.51. The number of unbranched alkanes of at least 4 members (excludes halogenated alkanes) is 1. The Morgan fingerprint density at radius 1 is 0.917 bits per heavy atom. The third-order valence-corrected chi connectivity index (χ3v) is 5.49. The van der Waals surface area contributed by atoms with Crippen molar-refractivity contribution in [2.45, 2.75) is 59.7 Å². The Morgan fingerprint density at radius 2 is 1.44 bits per heavy atom. The van der Waals surface area contributed by atoms with Gasteiger partial charge in [-0.15, -0.1) is 11.3 Å². The highest BCUT2D eigenvalue weighted by Gasteiger charge is 2.06. The molecule has 2 aromatic carbocycles. The van der Waals surface area contributed by atoms with Gasteiger partial charge in [-0.2, -0.15) is 0 Å². The van der Waals surface area contributed by atoms with Gasteiger partial charge in [-0.3, -0.25) is 4.98 Å². The minimum atomic E-state index is -0.447. The maximum absolute atomic E-state index is 11.4. The summed E-state index contributed by atoms with van der Waals surface area (Å²) in [6.45, 7) is 9.23. The summed E-state index contributed by atoms with van der Waals surface area (Å²) in [7, 11) is 0. The number of benzene rings is 2. The summed E-state index contributed by atoms with van der Waals surface area (Å²) in [4.78, 5) is 27.5. The van der Waals surface area contributed by atoms with Crippen molar-refractivity contribution in [2.24, 2.45) is 0 Å². The molecular formula is C28H43N3O4S. The number of ether oxygens (including phenoxy) is 2. The maximum atomic E-state index is 11.4. The van der Waals surface area contributed by atoms with Crippen LogP contribution >= 0.6 is 11.3 Å². The molecule has 0 spiro atoms. The lowest BCUT2D eigenvalue weighted by Gasteiger charge is -2.11. The predicted octanol–water partition coefficient (Wildman–Crippen LogP) is 7.16. The molecule has 1 aromatic heterocycles. The van der Waals surface area contributed by atoms with Gasteiger partial charge in [0.2, 0.25) is 0 Å². The molecule has 200 valence electrons. The van der Waals surface area contributed by atoms with E-state index in [2.05, 4.69) is 53.7 Å². The standard InChI is InChI=1S/C14H23N3O4S.2C7H8.2H2/c1-3-11(2)21-14(19)17-7-5-4-6-16-13(18)20-9-12-8-15-10-22-12;2*1-7-5-3-2-4-6-7;;/h8,10-11H,3-7,9H2,1-2H3,(H,16,18)(H,17,19);2*2-6H,1H3;2*1H. The molecule has 0 saturated heterocycles. The first-order chi connectivity index (χ1) is 17.4. The van der Waals surface area contributed by atoms with Gasteiger partial charge in [0, 0.05) is 22.1 Å². The van der Waals surface area contributed by atoms with Crippen LogP contribution in [-0.4, -0.2) is 36.4 Å². The number of alkyl carbamates (subject to hydrolysis) is 2. The summed E-state index contributed by atoms with van der Waals surface area (Å²) < 4.78 is 10.1. The highest BCUT2D eigenvalue weighted by Crippen LogP contribution is 2.06. The van der Waals surface area contributed by atoms with Crippen LogP contribution in [0.3, 0.4) is 0 Å². The molecule has 7 nitrogen and oxygen atoms in total. The fourth-order valence-corrected chi connectivity index (χ4v) is 3.01. The van der Waals surface area contributed by atoms with Gasteiger partial charge in [0.15, 0.2) is 0 Å². The minimum Gasteiger partial charge on any atom is -0.447 e. The SMILES string of the molecule is CCC(C)OC(=O)NCCCCNC(=O)OCc1cncs1.Cc1ccccc1.Cc1ccccc1.[HH].[HH]. The van der Waals surface area contributed by atoms with E-state index in [1.165, 1.54) is 22.5 Å². The van der Waals surface area contributed by atoms with Gasteiger partial charge in [-0.1, -0.05) is 78.7 Å². The predicted molar refractivity (Wildman–Crippen MR) is 150 cm³/mol. The average Bonchev–Trinajstić information content (AvgIpc) is 3.40. The van der Waals surface area contributed by atoms with E-state index >= 15 is 0 Å². The summed E-state index contributed by atoms with van der Waals surface area (Å²) >= 11 is 1.44. The molecule has 0 aliphatic heterocycles. The Bertz CT molecular complexity index is 912. The van der Waals surface area contributed by atoms with Crippen LogP contribution in [0.1, 0.15) is 52.0 Å². The molecule has 1 unspecified atom stereocenters. The van der Waals surface area contributed by atoms with Crippen LogP contribution < -0.4 is 10.6 Å². The number of carbonyl (C=O) groups is 2. The maximum Gasteiger partial charge on any atom is 0.407 e. The largest absolute Gasteiger partial charge is 0.447 e. The lowest BCUT2D eigenvalue weighted by atomic mass is 10.2. The van der Waals surface area contributed by atoms with Crippen LogP contribution in [0.2, 0.25) is 0 Å². The summed E-state index contributed by atoms with van der Waals surface area (Å²) in [5, 5.41) is 5.32. The Kier molecular flexibility index (Phi) is 16.9. The molecule has 1 atom stereocenters. The first kappa shape index (κ1) is 30.6. The second-order valence-corrected chi connectivity index (χ2v) is 9.01. The van der Waals surface area contributed by atoms with Crippen LogP contribution in [0.25, 0.3) is 0 Å². The van der Waals surface area contributed by atoms with Gasteiger partial charge >= 0.3 is 12.2 Å². The number of hydrogen-bond acceptors (Lipinski definition) is 6. The average molecular weight is 518 g/mol. The number of thiazole rings is 1. The minimum absolute atomic E-state index is 0. The smallest absolute Gasteiger partial charge is 0.407 e. The number of aromatic nitrogens is 1. The van der Waals surface area contributed by atoms with Crippen molar-refractivity contribution in [3.63, 3.8) is 0 Å². The Hall–Kier alpha value is -3.39. The molecule has 0 aliphatic rings. The van der Waals surface area contributed by atoms with Crippen molar-refractivity contribution >= 4 is 23.5 Å². The van der Waals surface area contributed by atoms with Crippen molar-refractivity contribution in [3.05, 3.63) is 88.4 Å².